The van der Waals surface area contributed by atoms with Crippen LogP contribution in [-0.4, -0.2) is 30.4 Å². The van der Waals surface area contributed by atoms with Crippen LogP contribution in [-0.2, 0) is 0 Å². The number of amides is 1. The number of carbonyl (C=O) groups excluding carboxylic acids is 1. The number of carbonyl (C=O) groups is 1. The fourth-order valence-corrected chi connectivity index (χ4v) is 2.91. The molecule has 1 saturated heterocycles. The molecular weight excluding hydrogens is 260 g/mol. The normalized spacial score (nSPS) is 18.9. The Balaban J connectivity index is 2.11. The van der Waals surface area contributed by atoms with Gasteiger partial charge in [-0.3, -0.25) is 4.79 Å². The average molecular weight is 288 g/mol. The van der Waals surface area contributed by atoms with Crippen molar-refractivity contribution in [1.82, 2.24) is 4.90 Å². The second-order valence-electron chi connectivity index (χ2n) is 7.08. The lowest BCUT2D eigenvalue weighted by molar-refractivity contribution is 0.0777. The molecule has 2 rings (SSSR count). The van der Waals surface area contributed by atoms with E-state index in [2.05, 4.69) is 33.0 Å². The Morgan fingerprint density at radius 3 is 2.67 bits per heavy atom. The van der Waals surface area contributed by atoms with Crippen molar-refractivity contribution in [3.63, 3.8) is 0 Å². The number of nitrogens with zero attached hydrogens (tertiary/aromatic N) is 1. The Labute approximate surface area is 128 Å². The molecule has 0 saturated carbocycles. The van der Waals surface area contributed by atoms with E-state index in [1.807, 2.05) is 29.2 Å². The number of hydrogen-bond donors (Lipinski definition) is 1. The van der Waals surface area contributed by atoms with Gasteiger partial charge in [-0.15, -0.1) is 0 Å². The molecule has 0 aromatic heterocycles. The molecule has 1 fully saturated rings. The van der Waals surface area contributed by atoms with E-state index < -0.39 is 0 Å². The highest BCUT2D eigenvalue weighted by molar-refractivity contribution is 5.99. The van der Waals surface area contributed by atoms with Crippen LogP contribution in [0.2, 0.25) is 0 Å². The van der Waals surface area contributed by atoms with E-state index in [0.717, 1.165) is 43.7 Å². The van der Waals surface area contributed by atoms with E-state index in [4.69, 9.17) is 0 Å². The summed E-state index contributed by atoms with van der Waals surface area (Å²) in [5, 5.41) is 3.36. The van der Waals surface area contributed by atoms with Crippen LogP contribution in [0.5, 0.6) is 0 Å². The molecule has 1 atom stereocenters. The number of nitrogens with one attached hydrogen (secondary N) is 1. The van der Waals surface area contributed by atoms with Crippen molar-refractivity contribution < 1.29 is 4.79 Å². The molecular formula is C18H28N2O. The molecule has 0 radical (unpaired) electrons. The van der Waals surface area contributed by atoms with Gasteiger partial charge >= 0.3 is 0 Å². The summed E-state index contributed by atoms with van der Waals surface area (Å²) in [4.78, 5) is 14.8. The fourth-order valence-electron chi connectivity index (χ4n) is 2.91. The van der Waals surface area contributed by atoms with Crippen molar-refractivity contribution in [3.05, 3.63) is 29.8 Å². The van der Waals surface area contributed by atoms with Gasteiger partial charge in [-0.2, -0.15) is 0 Å². The SMILES string of the molecule is CCCNc1ccccc1C(=O)N1CCC(C(C)(C)C)C1. The van der Waals surface area contributed by atoms with Crippen LogP contribution in [0.4, 0.5) is 5.69 Å². The van der Waals surface area contributed by atoms with Crippen LogP contribution in [0.1, 0.15) is 50.9 Å². The molecule has 21 heavy (non-hydrogen) atoms. The van der Waals surface area contributed by atoms with E-state index >= 15 is 0 Å². The quantitative estimate of drug-likeness (QED) is 0.907. The maximum Gasteiger partial charge on any atom is 0.255 e. The van der Waals surface area contributed by atoms with Crippen molar-refractivity contribution in [2.24, 2.45) is 11.3 Å². The predicted molar refractivity (Wildman–Crippen MR) is 88.7 cm³/mol. The highest BCUT2D eigenvalue weighted by Crippen LogP contribution is 2.34. The number of benzene rings is 1. The number of anilines is 1. The first-order valence-electron chi connectivity index (χ1n) is 8.05. The van der Waals surface area contributed by atoms with Crippen LogP contribution in [0.25, 0.3) is 0 Å². The zero-order chi connectivity index (χ0) is 15.5. The molecule has 1 aliphatic heterocycles. The Morgan fingerprint density at radius 2 is 2.05 bits per heavy atom. The second-order valence-corrected chi connectivity index (χ2v) is 7.08. The summed E-state index contributed by atoms with van der Waals surface area (Å²) < 4.78 is 0. The Hall–Kier alpha value is -1.51. The van der Waals surface area contributed by atoms with Gasteiger partial charge in [0.15, 0.2) is 0 Å². The molecule has 0 aliphatic carbocycles. The Kier molecular flexibility index (Phi) is 4.92. The molecule has 1 heterocycles. The molecule has 1 unspecified atom stereocenters. The summed E-state index contributed by atoms with van der Waals surface area (Å²) in [5.41, 5.74) is 2.04. The van der Waals surface area contributed by atoms with Crippen molar-refractivity contribution >= 4 is 11.6 Å². The van der Waals surface area contributed by atoms with Gasteiger partial charge in [-0.1, -0.05) is 39.8 Å². The lowest BCUT2D eigenvalue weighted by atomic mass is 9.80. The molecule has 3 heteroatoms. The van der Waals surface area contributed by atoms with Crippen molar-refractivity contribution in [3.8, 4) is 0 Å². The van der Waals surface area contributed by atoms with Gasteiger partial charge in [-0.25, -0.2) is 0 Å². The second kappa shape index (κ2) is 6.50. The summed E-state index contributed by atoms with van der Waals surface area (Å²) >= 11 is 0. The van der Waals surface area contributed by atoms with Gasteiger partial charge in [0, 0.05) is 25.3 Å². The van der Waals surface area contributed by atoms with Crippen LogP contribution in [0.15, 0.2) is 24.3 Å². The van der Waals surface area contributed by atoms with Crippen molar-refractivity contribution in [2.75, 3.05) is 25.0 Å². The average Bonchev–Trinajstić information content (AvgIpc) is 2.94. The highest BCUT2D eigenvalue weighted by Gasteiger charge is 2.34. The Morgan fingerprint density at radius 1 is 1.33 bits per heavy atom. The minimum absolute atomic E-state index is 0.168. The van der Waals surface area contributed by atoms with E-state index in [1.165, 1.54) is 0 Å². The molecule has 1 N–H and O–H groups in total. The van der Waals surface area contributed by atoms with E-state index in [-0.39, 0.29) is 11.3 Å². The highest BCUT2D eigenvalue weighted by atomic mass is 16.2. The molecule has 116 valence electrons. The summed E-state index contributed by atoms with van der Waals surface area (Å²) in [6, 6.07) is 7.86. The summed E-state index contributed by atoms with van der Waals surface area (Å²) in [7, 11) is 0. The predicted octanol–water partition coefficient (Wildman–Crippen LogP) is 4.02. The van der Waals surface area contributed by atoms with Crippen LogP contribution in [0, 0.1) is 11.3 Å². The number of para-hydroxylation sites is 1. The zero-order valence-corrected chi connectivity index (χ0v) is 13.8. The first-order chi connectivity index (χ1) is 9.93. The molecule has 1 aromatic carbocycles. The van der Waals surface area contributed by atoms with Crippen LogP contribution >= 0.6 is 0 Å². The lowest BCUT2D eigenvalue weighted by Gasteiger charge is -2.27. The van der Waals surface area contributed by atoms with Crippen molar-refractivity contribution in [1.29, 1.82) is 0 Å². The first-order valence-corrected chi connectivity index (χ1v) is 8.05. The molecule has 0 spiro atoms. The molecule has 1 amide bonds. The maximum absolute atomic E-state index is 12.8. The lowest BCUT2D eigenvalue weighted by Crippen LogP contribution is -2.31. The zero-order valence-electron chi connectivity index (χ0n) is 13.8. The van der Waals surface area contributed by atoms with Gasteiger partial charge in [0.05, 0.1) is 5.56 Å². The molecule has 3 nitrogen and oxygen atoms in total. The van der Waals surface area contributed by atoms with Gasteiger partial charge in [0.25, 0.3) is 5.91 Å². The number of likely N-dealkylation sites (tertiary alicyclic amines) is 1. The summed E-state index contributed by atoms with van der Waals surface area (Å²) in [6.07, 6.45) is 2.16. The third-order valence-electron chi connectivity index (χ3n) is 4.42. The fraction of sp³-hybridized carbons (Fsp3) is 0.611. The maximum atomic E-state index is 12.8. The van der Waals surface area contributed by atoms with Gasteiger partial charge in [0.2, 0.25) is 0 Å². The van der Waals surface area contributed by atoms with E-state index in [0.29, 0.717) is 5.92 Å². The minimum atomic E-state index is 0.168. The standard InChI is InChI=1S/C18H28N2O/c1-5-11-19-16-9-7-6-8-15(16)17(21)20-12-10-14(13-20)18(2,3)4/h6-9,14,19H,5,10-13H2,1-4H3. The van der Waals surface area contributed by atoms with E-state index in [1.54, 1.807) is 0 Å². The third-order valence-corrected chi connectivity index (χ3v) is 4.42. The number of rotatable bonds is 4. The first kappa shape index (κ1) is 15.9. The Bertz CT molecular complexity index is 490. The molecule has 1 aromatic rings. The summed E-state index contributed by atoms with van der Waals surface area (Å²) in [5.74, 6) is 0.762. The van der Waals surface area contributed by atoms with Gasteiger partial charge < -0.3 is 10.2 Å². The molecule has 1 aliphatic rings. The smallest absolute Gasteiger partial charge is 0.255 e. The third kappa shape index (κ3) is 3.78. The van der Waals surface area contributed by atoms with Gasteiger partial charge in [0.1, 0.15) is 0 Å². The summed E-state index contributed by atoms with van der Waals surface area (Å²) in [6.45, 7) is 11.6. The topological polar surface area (TPSA) is 32.3 Å². The number of hydrogen-bond acceptors (Lipinski definition) is 2. The van der Waals surface area contributed by atoms with Gasteiger partial charge in [-0.05, 0) is 36.3 Å². The van der Waals surface area contributed by atoms with E-state index in [9.17, 15) is 4.79 Å². The van der Waals surface area contributed by atoms with Crippen LogP contribution in [0.3, 0.4) is 0 Å². The van der Waals surface area contributed by atoms with Crippen LogP contribution < -0.4 is 5.32 Å². The minimum Gasteiger partial charge on any atom is -0.384 e. The van der Waals surface area contributed by atoms with Crippen molar-refractivity contribution in [2.45, 2.75) is 40.5 Å². The largest absolute Gasteiger partial charge is 0.384 e. The molecule has 0 bridgehead atoms. The monoisotopic (exact) mass is 288 g/mol.